The molecule has 3 nitrogen and oxygen atoms in total. The van der Waals surface area contributed by atoms with E-state index in [0.717, 1.165) is 23.1 Å². The van der Waals surface area contributed by atoms with Crippen molar-refractivity contribution in [2.75, 3.05) is 0 Å². The highest BCUT2D eigenvalue weighted by Crippen LogP contribution is 2.32. The molecule has 3 heteroatoms. The van der Waals surface area contributed by atoms with Crippen molar-refractivity contribution in [3.05, 3.63) is 77.0 Å². The highest BCUT2D eigenvalue weighted by molar-refractivity contribution is 5.88. The molecule has 0 fully saturated rings. The van der Waals surface area contributed by atoms with E-state index in [1.807, 2.05) is 24.8 Å². The molecular formula is C24H27N3. The van der Waals surface area contributed by atoms with E-state index in [-0.39, 0.29) is 0 Å². The van der Waals surface area contributed by atoms with Crippen molar-refractivity contribution in [3.63, 3.8) is 0 Å². The van der Waals surface area contributed by atoms with Gasteiger partial charge in [0.1, 0.15) is 0 Å². The van der Waals surface area contributed by atoms with Crippen molar-refractivity contribution in [2.24, 2.45) is 4.99 Å². The van der Waals surface area contributed by atoms with Crippen molar-refractivity contribution in [2.45, 2.75) is 46.5 Å². The van der Waals surface area contributed by atoms with Crippen LogP contribution in [0.3, 0.4) is 0 Å². The van der Waals surface area contributed by atoms with Crippen LogP contribution < -0.4 is 0 Å². The first-order valence-corrected chi connectivity index (χ1v) is 9.52. The first-order valence-electron chi connectivity index (χ1n) is 9.52. The molecule has 0 unspecified atom stereocenters. The minimum absolute atomic E-state index is 0.432. The molecule has 0 bridgehead atoms. The summed E-state index contributed by atoms with van der Waals surface area (Å²) in [5, 5.41) is 2.35. The highest BCUT2D eigenvalue weighted by atomic mass is 14.7. The van der Waals surface area contributed by atoms with Crippen molar-refractivity contribution in [3.8, 4) is 0 Å². The quantitative estimate of drug-likeness (QED) is 0.514. The average molecular weight is 358 g/mol. The lowest BCUT2D eigenvalue weighted by atomic mass is 9.87. The molecule has 3 rings (SSSR count). The van der Waals surface area contributed by atoms with Crippen LogP contribution in [0.5, 0.6) is 0 Å². The van der Waals surface area contributed by atoms with Crippen molar-refractivity contribution in [1.29, 1.82) is 0 Å². The molecule has 0 spiro atoms. The van der Waals surface area contributed by atoms with Gasteiger partial charge in [0.05, 0.1) is 5.69 Å². The Morgan fingerprint density at radius 2 is 2.00 bits per heavy atom. The fourth-order valence-electron chi connectivity index (χ4n) is 3.73. The molecule has 3 aromatic rings. The third-order valence-corrected chi connectivity index (χ3v) is 5.09. The van der Waals surface area contributed by atoms with Crippen molar-refractivity contribution in [1.82, 2.24) is 9.97 Å². The number of aliphatic imine (C=N–C) groups is 1. The fourth-order valence-corrected chi connectivity index (χ4v) is 3.73. The molecule has 27 heavy (non-hydrogen) atoms. The fraction of sp³-hybridized carbons (Fsp3) is 0.292. The molecule has 2 aromatic heterocycles. The minimum atomic E-state index is 0.432. The van der Waals surface area contributed by atoms with Gasteiger partial charge in [-0.05, 0) is 65.3 Å². The lowest BCUT2D eigenvalue weighted by molar-refractivity contribution is 0.859. The second-order valence-electron chi connectivity index (χ2n) is 7.21. The summed E-state index contributed by atoms with van der Waals surface area (Å²) < 4.78 is 0. The zero-order valence-corrected chi connectivity index (χ0v) is 16.7. The molecular weight excluding hydrogens is 330 g/mol. The van der Waals surface area contributed by atoms with E-state index in [4.69, 9.17) is 4.98 Å². The molecule has 0 amide bonds. The summed E-state index contributed by atoms with van der Waals surface area (Å²) in [5.41, 5.74) is 7.28. The Morgan fingerprint density at radius 1 is 1.19 bits per heavy atom. The molecule has 1 aromatic carbocycles. The minimum Gasteiger partial charge on any atom is -0.272 e. The summed E-state index contributed by atoms with van der Waals surface area (Å²) in [5.74, 6) is 0.432. The molecule has 0 aliphatic carbocycles. The number of allylic oxidation sites excluding steroid dienone is 1. The maximum Gasteiger partial charge on any atom is 0.0542 e. The highest BCUT2D eigenvalue weighted by Gasteiger charge is 2.16. The summed E-state index contributed by atoms with van der Waals surface area (Å²) in [6, 6.07) is 8.57. The van der Waals surface area contributed by atoms with Gasteiger partial charge in [0.15, 0.2) is 0 Å². The number of nitrogens with zero attached hydrogens (tertiary/aromatic N) is 3. The molecule has 0 aliphatic heterocycles. The number of benzene rings is 1. The lowest BCUT2D eigenvalue weighted by Gasteiger charge is -2.18. The monoisotopic (exact) mass is 357 g/mol. The molecule has 2 heterocycles. The second kappa shape index (κ2) is 8.26. The molecule has 0 radical (unpaired) electrons. The van der Waals surface area contributed by atoms with Gasteiger partial charge < -0.3 is 0 Å². The number of hydrogen-bond acceptors (Lipinski definition) is 3. The summed E-state index contributed by atoms with van der Waals surface area (Å²) in [6.07, 6.45) is 9.32. The summed E-state index contributed by atoms with van der Waals surface area (Å²) >= 11 is 0. The number of aryl methyl sites for hydroxylation is 2. The van der Waals surface area contributed by atoms with Gasteiger partial charge in [0.25, 0.3) is 0 Å². The Kier molecular flexibility index (Phi) is 5.80. The van der Waals surface area contributed by atoms with Gasteiger partial charge in [-0.1, -0.05) is 39.0 Å². The predicted molar refractivity (Wildman–Crippen MR) is 115 cm³/mol. The molecule has 138 valence electrons. The molecule has 0 saturated carbocycles. The Hall–Kier alpha value is -2.81. The van der Waals surface area contributed by atoms with Gasteiger partial charge in [0.2, 0.25) is 0 Å². The van der Waals surface area contributed by atoms with Crippen LogP contribution in [-0.2, 0) is 12.8 Å². The van der Waals surface area contributed by atoms with Gasteiger partial charge in [-0.15, -0.1) is 0 Å². The van der Waals surface area contributed by atoms with Gasteiger partial charge in [0, 0.05) is 36.6 Å². The van der Waals surface area contributed by atoms with Crippen LogP contribution >= 0.6 is 0 Å². The van der Waals surface area contributed by atoms with Gasteiger partial charge >= 0.3 is 0 Å². The summed E-state index contributed by atoms with van der Waals surface area (Å²) in [7, 11) is 0. The first-order chi connectivity index (χ1) is 13.1. The third-order valence-electron chi connectivity index (χ3n) is 5.09. The van der Waals surface area contributed by atoms with E-state index in [9.17, 15) is 0 Å². The van der Waals surface area contributed by atoms with E-state index in [1.54, 1.807) is 0 Å². The Bertz CT molecular complexity index is 1000. The van der Waals surface area contributed by atoms with Crippen LogP contribution in [0.15, 0.2) is 54.0 Å². The molecule has 0 saturated heterocycles. The number of aromatic nitrogens is 2. The smallest absolute Gasteiger partial charge is 0.0542 e. The van der Waals surface area contributed by atoms with E-state index in [2.05, 4.69) is 68.7 Å². The Balaban J connectivity index is 2.15. The number of rotatable bonds is 6. The maximum absolute atomic E-state index is 4.69. The van der Waals surface area contributed by atoms with E-state index >= 15 is 0 Å². The predicted octanol–water partition coefficient (Wildman–Crippen LogP) is 5.91. The number of hydrogen-bond donors (Lipinski definition) is 0. The Morgan fingerprint density at radius 3 is 2.70 bits per heavy atom. The average Bonchev–Trinajstić information content (AvgIpc) is 2.67. The van der Waals surface area contributed by atoms with Crippen LogP contribution in [0.25, 0.3) is 16.3 Å². The second-order valence-corrected chi connectivity index (χ2v) is 7.21. The van der Waals surface area contributed by atoms with Crippen molar-refractivity contribution < 1.29 is 0 Å². The van der Waals surface area contributed by atoms with E-state index in [0.29, 0.717) is 12.3 Å². The zero-order valence-electron chi connectivity index (χ0n) is 16.7. The SMILES string of the molecule is C=N/C=C(/Cc1nccc2c(CC)cncc12)c1c(C)cccc1C(C)C. The first kappa shape index (κ1) is 19.0. The van der Waals surface area contributed by atoms with Gasteiger partial charge in [-0.25, -0.2) is 0 Å². The van der Waals surface area contributed by atoms with Crippen molar-refractivity contribution >= 4 is 23.1 Å². The number of pyridine rings is 2. The Labute approximate surface area is 161 Å². The maximum atomic E-state index is 4.69. The topological polar surface area (TPSA) is 38.1 Å². The van der Waals surface area contributed by atoms with Crippen LogP contribution in [0.2, 0.25) is 0 Å². The molecule has 0 aliphatic rings. The van der Waals surface area contributed by atoms with Crippen LogP contribution in [0, 0.1) is 6.92 Å². The summed E-state index contributed by atoms with van der Waals surface area (Å²) in [6.45, 7) is 12.5. The number of fused-ring (bicyclic) bond motifs is 1. The standard InChI is InChI=1S/C24H27N3/c1-6-18-14-26-15-22-21(18)10-11-27-23(22)12-19(13-25-5)24-17(4)8-7-9-20(24)16(2)3/h7-11,13-16H,5-6,12H2,1-4H3/b19-13-. The molecule has 0 atom stereocenters. The van der Waals surface area contributed by atoms with E-state index < -0.39 is 0 Å². The zero-order chi connectivity index (χ0) is 19.4. The van der Waals surface area contributed by atoms with Crippen LogP contribution in [0.1, 0.15) is 54.6 Å². The molecule has 0 N–H and O–H groups in total. The van der Waals surface area contributed by atoms with Gasteiger partial charge in [-0.3, -0.25) is 15.0 Å². The lowest BCUT2D eigenvalue weighted by Crippen LogP contribution is -2.03. The van der Waals surface area contributed by atoms with Gasteiger partial charge in [-0.2, -0.15) is 0 Å². The van der Waals surface area contributed by atoms with E-state index in [1.165, 1.54) is 27.6 Å². The normalized spacial score (nSPS) is 12.0. The van der Waals surface area contributed by atoms with Crippen LogP contribution in [-0.4, -0.2) is 16.7 Å². The third kappa shape index (κ3) is 3.82. The summed E-state index contributed by atoms with van der Waals surface area (Å²) in [4.78, 5) is 13.2. The largest absolute Gasteiger partial charge is 0.272 e. The van der Waals surface area contributed by atoms with Crippen LogP contribution in [0.4, 0.5) is 0 Å².